The molecule has 0 aliphatic rings. The summed E-state index contributed by atoms with van der Waals surface area (Å²) in [5.74, 6) is -0.743. The van der Waals surface area contributed by atoms with E-state index in [-0.39, 0.29) is 28.1 Å². The topological polar surface area (TPSA) is 59.5 Å². The van der Waals surface area contributed by atoms with Crippen LogP contribution >= 0.6 is 34.5 Å². The van der Waals surface area contributed by atoms with Gasteiger partial charge in [-0.15, -0.1) is 11.3 Å². The molecule has 2 aromatic carbocycles. The largest absolute Gasteiger partial charge is 0.456 e. The number of rotatable bonds is 5. The first-order valence-corrected chi connectivity index (χ1v) is 10.4. The first kappa shape index (κ1) is 21.3. The van der Waals surface area contributed by atoms with Crippen LogP contribution in [0.15, 0.2) is 41.8 Å². The van der Waals surface area contributed by atoms with Gasteiger partial charge < -0.3 is 4.74 Å². The number of carbonyl (C=O) groups is 2. The van der Waals surface area contributed by atoms with E-state index < -0.39 is 5.97 Å². The number of carbonyl (C=O) groups excluding carboxylic acids is 2. The molecule has 8 heteroatoms. The highest BCUT2D eigenvalue weighted by molar-refractivity contribution is 7.14. The number of esters is 1. The quantitative estimate of drug-likeness (QED) is 0.441. The number of benzene rings is 2. The van der Waals surface area contributed by atoms with Crippen molar-refractivity contribution < 1.29 is 14.3 Å². The highest BCUT2D eigenvalue weighted by Gasteiger charge is 2.21. The number of anilines is 2. The average molecular weight is 449 g/mol. The lowest BCUT2D eigenvalue weighted by Crippen LogP contribution is -2.23. The summed E-state index contributed by atoms with van der Waals surface area (Å²) in [6.07, 6.45) is 0. The van der Waals surface area contributed by atoms with E-state index in [9.17, 15) is 9.59 Å². The highest BCUT2D eigenvalue weighted by atomic mass is 35.5. The van der Waals surface area contributed by atoms with Crippen molar-refractivity contribution in [1.29, 1.82) is 0 Å². The minimum atomic E-state index is -0.593. The molecule has 1 heterocycles. The third kappa shape index (κ3) is 4.61. The van der Waals surface area contributed by atoms with Crippen LogP contribution in [0, 0.1) is 13.8 Å². The Balaban J connectivity index is 1.79. The lowest BCUT2D eigenvalue weighted by molar-refractivity contribution is -0.115. The van der Waals surface area contributed by atoms with E-state index in [2.05, 4.69) is 4.98 Å². The zero-order valence-corrected chi connectivity index (χ0v) is 18.4. The van der Waals surface area contributed by atoms with Crippen molar-refractivity contribution in [2.75, 3.05) is 4.90 Å². The van der Waals surface area contributed by atoms with Gasteiger partial charge in [0.1, 0.15) is 6.61 Å². The van der Waals surface area contributed by atoms with Crippen LogP contribution in [0.25, 0.3) is 0 Å². The summed E-state index contributed by atoms with van der Waals surface area (Å²) < 4.78 is 5.31. The summed E-state index contributed by atoms with van der Waals surface area (Å²) in [7, 11) is 0. The molecular formula is C21H18Cl2N2O3S. The summed E-state index contributed by atoms with van der Waals surface area (Å²) >= 11 is 13.3. The van der Waals surface area contributed by atoms with E-state index in [0.717, 1.165) is 16.8 Å². The number of amides is 1. The van der Waals surface area contributed by atoms with Crippen molar-refractivity contribution in [2.24, 2.45) is 0 Å². The molecule has 29 heavy (non-hydrogen) atoms. The number of aromatic nitrogens is 1. The summed E-state index contributed by atoms with van der Waals surface area (Å²) in [5, 5.41) is 2.69. The molecule has 0 aliphatic heterocycles. The number of hydrogen-bond acceptors (Lipinski definition) is 5. The van der Waals surface area contributed by atoms with E-state index in [4.69, 9.17) is 27.9 Å². The van der Waals surface area contributed by atoms with Gasteiger partial charge in [-0.1, -0.05) is 41.4 Å². The Bertz CT molecular complexity index is 1080. The van der Waals surface area contributed by atoms with E-state index >= 15 is 0 Å². The SMILES string of the molecule is CC(=O)N(c1nc(COC(=O)c2cccc(Cl)c2Cl)cs1)c1cccc(C)c1C. The molecule has 5 nitrogen and oxygen atoms in total. The van der Waals surface area contributed by atoms with Gasteiger partial charge >= 0.3 is 5.97 Å². The van der Waals surface area contributed by atoms with Gasteiger partial charge in [0.25, 0.3) is 0 Å². The molecule has 0 spiro atoms. The molecule has 1 amide bonds. The fourth-order valence-corrected chi connectivity index (χ4v) is 3.97. The number of nitrogens with zero attached hydrogens (tertiary/aromatic N) is 2. The number of aryl methyl sites for hydroxylation is 1. The van der Waals surface area contributed by atoms with Crippen LogP contribution in [-0.4, -0.2) is 16.9 Å². The second-order valence-corrected chi connectivity index (χ2v) is 7.99. The van der Waals surface area contributed by atoms with Crippen LogP contribution in [-0.2, 0) is 16.1 Å². The van der Waals surface area contributed by atoms with Gasteiger partial charge in [0.15, 0.2) is 5.13 Å². The van der Waals surface area contributed by atoms with Gasteiger partial charge in [-0.2, -0.15) is 0 Å². The maximum Gasteiger partial charge on any atom is 0.340 e. The first-order valence-electron chi connectivity index (χ1n) is 8.72. The van der Waals surface area contributed by atoms with Crippen molar-refractivity contribution in [1.82, 2.24) is 4.98 Å². The minimum absolute atomic E-state index is 0.0449. The van der Waals surface area contributed by atoms with Crippen LogP contribution in [0.1, 0.15) is 34.1 Å². The molecule has 150 valence electrons. The molecular weight excluding hydrogens is 431 g/mol. The predicted molar refractivity (Wildman–Crippen MR) is 116 cm³/mol. The molecule has 0 aliphatic carbocycles. The van der Waals surface area contributed by atoms with Crippen LogP contribution in [0.5, 0.6) is 0 Å². The van der Waals surface area contributed by atoms with Gasteiger partial charge in [-0.05, 0) is 43.2 Å². The van der Waals surface area contributed by atoms with Crippen molar-refractivity contribution in [3.63, 3.8) is 0 Å². The normalized spacial score (nSPS) is 10.7. The maximum absolute atomic E-state index is 12.3. The Morgan fingerprint density at radius 2 is 1.86 bits per heavy atom. The number of hydrogen-bond donors (Lipinski definition) is 0. The Morgan fingerprint density at radius 1 is 1.14 bits per heavy atom. The molecule has 0 N–H and O–H groups in total. The Labute approximate surface area is 182 Å². The van der Waals surface area contributed by atoms with Crippen molar-refractivity contribution in [2.45, 2.75) is 27.4 Å². The van der Waals surface area contributed by atoms with Gasteiger partial charge in [0.2, 0.25) is 5.91 Å². The number of ether oxygens (including phenoxy) is 1. The second-order valence-electron chi connectivity index (χ2n) is 6.37. The number of thiazole rings is 1. The molecule has 0 bridgehead atoms. The van der Waals surface area contributed by atoms with Crippen LogP contribution in [0.3, 0.4) is 0 Å². The zero-order chi connectivity index (χ0) is 21.1. The van der Waals surface area contributed by atoms with Crippen LogP contribution < -0.4 is 4.90 Å². The van der Waals surface area contributed by atoms with Crippen LogP contribution in [0.4, 0.5) is 10.8 Å². The molecule has 1 aromatic heterocycles. The van der Waals surface area contributed by atoms with Crippen molar-refractivity contribution in [3.8, 4) is 0 Å². The Kier molecular flexibility index (Phi) is 6.57. The van der Waals surface area contributed by atoms with E-state index in [1.165, 1.54) is 18.3 Å². The molecule has 3 rings (SSSR count). The lowest BCUT2D eigenvalue weighted by atomic mass is 10.1. The Hall–Kier alpha value is -2.41. The minimum Gasteiger partial charge on any atom is -0.456 e. The molecule has 3 aromatic rings. The van der Waals surface area contributed by atoms with Crippen LogP contribution in [0.2, 0.25) is 10.0 Å². The molecule has 0 saturated carbocycles. The molecule has 0 unspecified atom stereocenters. The fraction of sp³-hybridized carbons (Fsp3) is 0.190. The third-order valence-corrected chi connectivity index (χ3v) is 6.08. The third-order valence-electron chi connectivity index (χ3n) is 4.39. The van der Waals surface area contributed by atoms with Gasteiger partial charge in [0, 0.05) is 12.3 Å². The van der Waals surface area contributed by atoms with Crippen molar-refractivity contribution >= 4 is 57.2 Å². The number of halogens is 2. The Morgan fingerprint density at radius 3 is 2.59 bits per heavy atom. The maximum atomic E-state index is 12.3. The van der Waals surface area contributed by atoms with E-state index in [1.54, 1.807) is 28.5 Å². The van der Waals surface area contributed by atoms with Gasteiger partial charge in [-0.3, -0.25) is 9.69 Å². The monoisotopic (exact) mass is 448 g/mol. The lowest BCUT2D eigenvalue weighted by Gasteiger charge is -2.21. The molecule has 0 radical (unpaired) electrons. The van der Waals surface area contributed by atoms with Gasteiger partial charge in [0.05, 0.1) is 27.0 Å². The average Bonchev–Trinajstić information content (AvgIpc) is 3.14. The highest BCUT2D eigenvalue weighted by Crippen LogP contribution is 2.33. The fourth-order valence-electron chi connectivity index (χ4n) is 2.73. The summed E-state index contributed by atoms with van der Waals surface area (Å²) in [6.45, 7) is 5.40. The van der Waals surface area contributed by atoms with E-state index in [0.29, 0.717) is 10.8 Å². The van der Waals surface area contributed by atoms with E-state index in [1.807, 2.05) is 32.0 Å². The smallest absolute Gasteiger partial charge is 0.340 e. The molecule has 0 fully saturated rings. The second kappa shape index (κ2) is 8.95. The van der Waals surface area contributed by atoms with Gasteiger partial charge in [-0.25, -0.2) is 9.78 Å². The van der Waals surface area contributed by atoms with Crippen molar-refractivity contribution in [3.05, 3.63) is 74.2 Å². The summed E-state index contributed by atoms with van der Waals surface area (Å²) in [5.41, 5.74) is 3.59. The standard InChI is InChI=1S/C21H18Cl2N2O3S/c1-12-6-4-9-18(13(12)2)25(14(3)26)21-24-15(11-29-21)10-28-20(27)16-7-5-8-17(22)19(16)23/h4-9,11H,10H2,1-3H3. The summed E-state index contributed by atoms with van der Waals surface area (Å²) in [6, 6.07) is 10.5. The predicted octanol–water partition coefficient (Wildman–Crippen LogP) is 6.11. The molecule has 0 atom stereocenters. The summed E-state index contributed by atoms with van der Waals surface area (Å²) in [4.78, 5) is 30.6. The molecule has 0 saturated heterocycles. The zero-order valence-electron chi connectivity index (χ0n) is 16.0. The first-order chi connectivity index (χ1) is 13.8.